The van der Waals surface area contributed by atoms with Gasteiger partial charge in [0.2, 0.25) is 0 Å². The third-order valence-electron chi connectivity index (χ3n) is 2.78. The van der Waals surface area contributed by atoms with Crippen LogP contribution >= 0.6 is 11.6 Å². The van der Waals surface area contributed by atoms with Gasteiger partial charge in [-0.1, -0.05) is 24.3 Å². The number of hydrogen-bond donors (Lipinski definition) is 2. The van der Waals surface area contributed by atoms with Crippen LogP contribution in [0.25, 0.3) is 0 Å². The SMILES string of the molecule is ClCCc1cccc(C2CNCCN2)c1. The van der Waals surface area contributed by atoms with Crippen molar-refractivity contribution in [1.82, 2.24) is 10.6 Å². The van der Waals surface area contributed by atoms with Crippen LogP contribution < -0.4 is 10.6 Å². The second-order valence-corrected chi connectivity index (χ2v) is 4.27. The summed E-state index contributed by atoms with van der Waals surface area (Å²) in [6, 6.07) is 9.15. The molecule has 1 aromatic rings. The molecule has 0 aliphatic carbocycles. The van der Waals surface area contributed by atoms with Crippen molar-refractivity contribution in [1.29, 1.82) is 0 Å². The molecule has 2 nitrogen and oxygen atoms in total. The van der Waals surface area contributed by atoms with Crippen LogP contribution in [0.2, 0.25) is 0 Å². The summed E-state index contributed by atoms with van der Waals surface area (Å²) in [5, 5.41) is 6.91. The average molecular weight is 225 g/mol. The van der Waals surface area contributed by atoms with Crippen LogP contribution in [0.3, 0.4) is 0 Å². The van der Waals surface area contributed by atoms with E-state index in [2.05, 4.69) is 34.9 Å². The minimum absolute atomic E-state index is 0.453. The van der Waals surface area contributed by atoms with Gasteiger partial charge in [0.05, 0.1) is 0 Å². The number of nitrogens with one attached hydrogen (secondary N) is 2. The lowest BCUT2D eigenvalue weighted by atomic mass is 10.0. The molecular formula is C12H17ClN2. The Morgan fingerprint density at radius 3 is 3.00 bits per heavy atom. The van der Waals surface area contributed by atoms with Gasteiger partial charge >= 0.3 is 0 Å². The van der Waals surface area contributed by atoms with Crippen LogP contribution in [0.5, 0.6) is 0 Å². The van der Waals surface area contributed by atoms with Crippen molar-refractivity contribution >= 4 is 11.6 Å². The predicted octanol–water partition coefficient (Wildman–Crippen LogP) is 1.70. The van der Waals surface area contributed by atoms with Gasteiger partial charge in [0.1, 0.15) is 0 Å². The first-order chi connectivity index (χ1) is 7.40. The summed E-state index contributed by atoms with van der Waals surface area (Å²) < 4.78 is 0. The van der Waals surface area contributed by atoms with E-state index in [1.54, 1.807) is 0 Å². The number of halogens is 1. The number of hydrogen-bond acceptors (Lipinski definition) is 2. The van der Waals surface area contributed by atoms with Gasteiger partial charge in [-0.05, 0) is 17.5 Å². The fraction of sp³-hybridized carbons (Fsp3) is 0.500. The molecule has 1 atom stereocenters. The number of rotatable bonds is 3. The highest BCUT2D eigenvalue weighted by Gasteiger charge is 2.13. The highest BCUT2D eigenvalue weighted by atomic mass is 35.5. The first-order valence-corrected chi connectivity index (χ1v) is 6.02. The van der Waals surface area contributed by atoms with Crippen molar-refractivity contribution in [2.24, 2.45) is 0 Å². The van der Waals surface area contributed by atoms with E-state index in [9.17, 15) is 0 Å². The molecule has 1 unspecified atom stereocenters. The number of alkyl halides is 1. The zero-order chi connectivity index (χ0) is 10.5. The van der Waals surface area contributed by atoms with Crippen molar-refractivity contribution in [3.05, 3.63) is 35.4 Å². The molecule has 2 rings (SSSR count). The third-order valence-corrected chi connectivity index (χ3v) is 2.97. The van der Waals surface area contributed by atoms with Crippen LogP contribution in [-0.2, 0) is 6.42 Å². The molecule has 1 aliphatic rings. The van der Waals surface area contributed by atoms with Crippen LogP contribution in [-0.4, -0.2) is 25.5 Å². The van der Waals surface area contributed by atoms with Gasteiger partial charge in [-0.15, -0.1) is 11.6 Å². The van der Waals surface area contributed by atoms with Gasteiger partial charge in [0.25, 0.3) is 0 Å². The molecule has 0 bridgehead atoms. The molecule has 0 spiro atoms. The lowest BCUT2D eigenvalue weighted by molar-refractivity contribution is 0.430. The van der Waals surface area contributed by atoms with Gasteiger partial charge in [-0.3, -0.25) is 0 Å². The first-order valence-electron chi connectivity index (χ1n) is 5.49. The molecule has 1 aliphatic heterocycles. The van der Waals surface area contributed by atoms with Crippen LogP contribution in [0.1, 0.15) is 17.2 Å². The molecule has 0 saturated carbocycles. The summed E-state index contributed by atoms with van der Waals surface area (Å²) in [4.78, 5) is 0. The Labute approximate surface area is 96.0 Å². The predicted molar refractivity (Wildman–Crippen MR) is 64.5 cm³/mol. The maximum Gasteiger partial charge on any atom is 0.0447 e. The number of benzene rings is 1. The highest BCUT2D eigenvalue weighted by Crippen LogP contribution is 2.15. The fourth-order valence-corrected chi connectivity index (χ4v) is 2.18. The summed E-state index contributed by atoms with van der Waals surface area (Å²) in [5.41, 5.74) is 2.69. The molecule has 15 heavy (non-hydrogen) atoms. The average Bonchev–Trinajstić information content (AvgIpc) is 2.31. The van der Waals surface area contributed by atoms with E-state index in [1.807, 2.05) is 0 Å². The smallest absolute Gasteiger partial charge is 0.0447 e. The van der Waals surface area contributed by atoms with Crippen LogP contribution in [0.15, 0.2) is 24.3 Å². The van der Waals surface area contributed by atoms with E-state index in [0.29, 0.717) is 11.9 Å². The highest BCUT2D eigenvalue weighted by molar-refractivity contribution is 6.17. The topological polar surface area (TPSA) is 24.1 Å². The second kappa shape index (κ2) is 5.50. The summed E-state index contributed by atoms with van der Waals surface area (Å²) in [6.07, 6.45) is 0.954. The van der Waals surface area contributed by atoms with E-state index in [0.717, 1.165) is 26.1 Å². The zero-order valence-electron chi connectivity index (χ0n) is 8.80. The van der Waals surface area contributed by atoms with Gasteiger partial charge < -0.3 is 10.6 Å². The first kappa shape index (κ1) is 10.9. The Morgan fingerprint density at radius 1 is 1.33 bits per heavy atom. The molecule has 1 saturated heterocycles. The molecule has 3 heteroatoms. The van der Waals surface area contributed by atoms with Crippen molar-refractivity contribution in [2.45, 2.75) is 12.5 Å². The zero-order valence-corrected chi connectivity index (χ0v) is 9.56. The fourth-order valence-electron chi connectivity index (χ4n) is 1.96. The molecule has 2 N–H and O–H groups in total. The monoisotopic (exact) mass is 224 g/mol. The van der Waals surface area contributed by atoms with E-state index in [4.69, 9.17) is 11.6 Å². The van der Waals surface area contributed by atoms with Crippen LogP contribution in [0.4, 0.5) is 0 Å². The van der Waals surface area contributed by atoms with E-state index in [-0.39, 0.29) is 0 Å². The quantitative estimate of drug-likeness (QED) is 0.764. The van der Waals surface area contributed by atoms with Gasteiger partial charge in [-0.2, -0.15) is 0 Å². The minimum atomic E-state index is 0.453. The molecule has 82 valence electrons. The van der Waals surface area contributed by atoms with Crippen molar-refractivity contribution < 1.29 is 0 Å². The Balaban J connectivity index is 2.09. The van der Waals surface area contributed by atoms with Crippen molar-refractivity contribution in [3.8, 4) is 0 Å². The van der Waals surface area contributed by atoms with Crippen molar-refractivity contribution in [3.63, 3.8) is 0 Å². The van der Waals surface area contributed by atoms with E-state index < -0.39 is 0 Å². The minimum Gasteiger partial charge on any atom is -0.314 e. The molecule has 0 aromatic heterocycles. The standard InChI is InChI=1S/C12H17ClN2/c13-5-4-10-2-1-3-11(8-10)12-9-14-6-7-15-12/h1-3,8,12,14-15H,4-7,9H2. The largest absolute Gasteiger partial charge is 0.314 e. The molecule has 0 radical (unpaired) electrons. The Hall–Kier alpha value is -0.570. The molecule has 1 aromatic carbocycles. The summed E-state index contributed by atoms with van der Waals surface area (Å²) >= 11 is 5.75. The molecule has 1 heterocycles. The third kappa shape index (κ3) is 2.94. The Kier molecular flexibility index (Phi) is 4.01. The second-order valence-electron chi connectivity index (χ2n) is 3.89. The Morgan fingerprint density at radius 2 is 2.27 bits per heavy atom. The number of piperazine rings is 1. The summed E-state index contributed by atoms with van der Waals surface area (Å²) in [5.74, 6) is 0.694. The normalized spacial score (nSPS) is 21.5. The van der Waals surface area contributed by atoms with Crippen LogP contribution in [0, 0.1) is 0 Å². The molecule has 0 amide bonds. The Bertz CT molecular complexity index is 308. The van der Waals surface area contributed by atoms with Gasteiger partial charge in [-0.25, -0.2) is 0 Å². The molecule has 1 fully saturated rings. The maximum atomic E-state index is 5.75. The molecular weight excluding hydrogens is 208 g/mol. The van der Waals surface area contributed by atoms with E-state index in [1.165, 1.54) is 11.1 Å². The van der Waals surface area contributed by atoms with Gasteiger partial charge in [0.15, 0.2) is 0 Å². The lowest BCUT2D eigenvalue weighted by Gasteiger charge is -2.25. The van der Waals surface area contributed by atoms with Crippen molar-refractivity contribution in [2.75, 3.05) is 25.5 Å². The lowest BCUT2D eigenvalue weighted by Crippen LogP contribution is -2.42. The van der Waals surface area contributed by atoms with E-state index >= 15 is 0 Å². The summed E-state index contributed by atoms with van der Waals surface area (Å²) in [7, 11) is 0. The summed E-state index contributed by atoms with van der Waals surface area (Å²) in [6.45, 7) is 3.13. The van der Waals surface area contributed by atoms with Gasteiger partial charge in [0, 0.05) is 31.6 Å². The maximum absolute atomic E-state index is 5.75. The number of aryl methyl sites for hydroxylation is 1.